The molecule has 0 aromatic heterocycles. The Balaban J connectivity index is 1.27. The molecular formula is C25H40O4. The third-order valence-electron chi connectivity index (χ3n) is 8.00. The van der Waals surface area contributed by atoms with Gasteiger partial charge in [-0.15, -0.1) is 0 Å². The van der Waals surface area contributed by atoms with E-state index in [9.17, 15) is 4.79 Å². The van der Waals surface area contributed by atoms with Gasteiger partial charge < -0.3 is 14.2 Å². The fourth-order valence-electron chi connectivity index (χ4n) is 6.91. The quantitative estimate of drug-likeness (QED) is 0.250. The molecule has 4 saturated carbocycles. The van der Waals surface area contributed by atoms with Crippen molar-refractivity contribution < 1.29 is 19.0 Å². The second kappa shape index (κ2) is 8.34. The summed E-state index contributed by atoms with van der Waals surface area (Å²) >= 11 is 0. The summed E-state index contributed by atoms with van der Waals surface area (Å²) in [7, 11) is 0. The summed E-state index contributed by atoms with van der Waals surface area (Å²) in [5, 5.41) is 0. The van der Waals surface area contributed by atoms with Crippen LogP contribution in [0.5, 0.6) is 0 Å². The van der Waals surface area contributed by atoms with Crippen LogP contribution in [0.3, 0.4) is 0 Å². The Bertz CT molecular complexity index is 606. The monoisotopic (exact) mass is 404 g/mol. The molecular weight excluding hydrogens is 364 g/mol. The van der Waals surface area contributed by atoms with E-state index in [1.165, 1.54) is 44.9 Å². The highest BCUT2D eigenvalue weighted by atomic mass is 16.6. The summed E-state index contributed by atoms with van der Waals surface area (Å²) < 4.78 is 18.6. The Labute approximate surface area is 176 Å². The van der Waals surface area contributed by atoms with Crippen molar-refractivity contribution >= 4 is 5.97 Å². The first kappa shape index (κ1) is 21.4. The minimum atomic E-state index is -0.301. The van der Waals surface area contributed by atoms with Gasteiger partial charge in [0.1, 0.15) is 5.60 Å². The molecule has 1 aliphatic heterocycles. The van der Waals surface area contributed by atoms with E-state index in [0.29, 0.717) is 17.4 Å². The van der Waals surface area contributed by atoms with Crippen LogP contribution in [-0.2, 0) is 19.0 Å². The summed E-state index contributed by atoms with van der Waals surface area (Å²) in [6, 6.07) is 0. The smallest absolute Gasteiger partial charge is 0.333 e. The second-order valence-electron chi connectivity index (χ2n) is 10.7. The van der Waals surface area contributed by atoms with Gasteiger partial charge in [0.2, 0.25) is 0 Å². The highest BCUT2D eigenvalue weighted by molar-refractivity contribution is 5.87. The molecule has 1 heterocycles. The predicted octanol–water partition coefficient (Wildman–Crippen LogP) is 5.73. The van der Waals surface area contributed by atoms with Gasteiger partial charge in [0.05, 0.1) is 17.8 Å². The molecule has 1 saturated heterocycles. The molecule has 5 rings (SSSR count). The average molecular weight is 405 g/mol. The Morgan fingerprint density at radius 1 is 1.07 bits per heavy atom. The fourth-order valence-corrected chi connectivity index (χ4v) is 6.91. The van der Waals surface area contributed by atoms with Gasteiger partial charge in [-0.1, -0.05) is 26.3 Å². The molecule has 0 aromatic carbocycles. The van der Waals surface area contributed by atoms with Gasteiger partial charge in [-0.05, 0) is 83.0 Å². The van der Waals surface area contributed by atoms with Crippen LogP contribution in [0.2, 0.25) is 0 Å². The number of carbonyl (C=O) groups excluding carboxylic acids is 1. The fraction of sp³-hybridized carbons (Fsp3) is 0.880. The highest BCUT2D eigenvalue weighted by Crippen LogP contribution is 2.60. The van der Waals surface area contributed by atoms with E-state index >= 15 is 0 Å². The van der Waals surface area contributed by atoms with Gasteiger partial charge in [0, 0.05) is 18.6 Å². The summed E-state index contributed by atoms with van der Waals surface area (Å²) in [5.41, 5.74) is 0.319. The number of hydrogen-bond acceptors (Lipinski definition) is 4. The maximum absolute atomic E-state index is 12.3. The first-order valence-electron chi connectivity index (χ1n) is 12.0. The zero-order chi connectivity index (χ0) is 20.5. The molecule has 29 heavy (non-hydrogen) atoms. The molecule has 5 aliphatic rings. The molecule has 4 heteroatoms. The lowest BCUT2D eigenvalue weighted by Gasteiger charge is -2.60. The molecule has 0 radical (unpaired) electrons. The van der Waals surface area contributed by atoms with Crippen molar-refractivity contribution in [2.45, 2.75) is 114 Å². The number of unbranched alkanes of at least 4 members (excludes halogenated alkanes) is 2. The number of ether oxygens (including phenoxy) is 3. The Morgan fingerprint density at radius 2 is 1.72 bits per heavy atom. The first-order valence-corrected chi connectivity index (χ1v) is 12.0. The molecule has 0 aromatic rings. The normalized spacial score (nSPS) is 39.9. The molecule has 4 nitrogen and oxygen atoms in total. The molecule has 4 aliphatic carbocycles. The number of hydrogen-bond donors (Lipinski definition) is 0. The van der Waals surface area contributed by atoms with Crippen molar-refractivity contribution in [2.24, 2.45) is 11.8 Å². The molecule has 3 unspecified atom stereocenters. The molecule has 3 atom stereocenters. The predicted molar refractivity (Wildman–Crippen MR) is 114 cm³/mol. The van der Waals surface area contributed by atoms with Gasteiger partial charge in [-0.3, -0.25) is 0 Å². The second-order valence-corrected chi connectivity index (χ2v) is 10.7. The van der Waals surface area contributed by atoms with Crippen molar-refractivity contribution in [3.05, 3.63) is 12.2 Å². The minimum Gasteiger partial charge on any atom is -0.456 e. The van der Waals surface area contributed by atoms with Crippen LogP contribution in [0.4, 0.5) is 0 Å². The van der Waals surface area contributed by atoms with E-state index in [-0.39, 0.29) is 22.8 Å². The van der Waals surface area contributed by atoms with E-state index < -0.39 is 0 Å². The lowest BCUT2D eigenvalue weighted by molar-refractivity contribution is -0.232. The third kappa shape index (κ3) is 4.58. The SMILES string of the molecule is C=C(C)C(=O)OC12CC3CC(CC(OCCCCC4(CCCC)CCO4)(C3)C1)C2. The van der Waals surface area contributed by atoms with Gasteiger partial charge >= 0.3 is 5.97 Å². The average Bonchev–Trinajstić information content (AvgIpc) is 2.61. The van der Waals surface area contributed by atoms with Crippen LogP contribution in [0.25, 0.3) is 0 Å². The first-order chi connectivity index (χ1) is 13.9. The summed E-state index contributed by atoms with van der Waals surface area (Å²) in [6.45, 7) is 9.54. The van der Waals surface area contributed by atoms with Gasteiger partial charge in [-0.2, -0.15) is 0 Å². The van der Waals surface area contributed by atoms with Gasteiger partial charge in [0.15, 0.2) is 0 Å². The van der Waals surface area contributed by atoms with E-state index in [4.69, 9.17) is 14.2 Å². The standard InChI is InChI=1S/C25H40O4/c1-4-5-8-23(10-12-28-23)9-6-7-11-27-24-14-20-13-21(15-24)17-25(16-20,18-24)29-22(26)19(2)3/h20-21H,2,4-18H2,1,3H3. The van der Waals surface area contributed by atoms with Crippen LogP contribution >= 0.6 is 0 Å². The largest absolute Gasteiger partial charge is 0.456 e. The zero-order valence-corrected chi connectivity index (χ0v) is 18.6. The summed E-state index contributed by atoms with van der Waals surface area (Å²) in [6.07, 6.45) is 14.9. The molecule has 0 N–H and O–H groups in total. The number of carbonyl (C=O) groups is 1. The highest BCUT2D eigenvalue weighted by Gasteiger charge is 2.60. The number of rotatable bonds is 11. The van der Waals surface area contributed by atoms with Crippen LogP contribution in [0.15, 0.2) is 12.2 Å². The molecule has 4 bridgehead atoms. The lowest BCUT2D eigenvalue weighted by atomic mass is 9.52. The van der Waals surface area contributed by atoms with E-state index in [1.54, 1.807) is 6.92 Å². The van der Waals surface area contributed by atoms with Gasteiger partial charge in [0.25, 0.3) is 0 Å². The van der Waals surface area contributed by atoms with Crippen LogP contribution in [0.1, 0.15) is 97.3 Å². The van der Waals surface area contributed by atoms with Crippen LogP contribution in [0, 0.1) is 11.8 Å². The third-order valence-corrected chi connectivity index (χ3v) is 8.00. The summed E-state index contributed by atoms with van der Waals surface area (Å²) in [4.78, 5) is 12.3. The van der Waals surface area contributed by atoms with E-state index in [1.807, 2.05) is 0 Å². The van der Waals surface area contributed by atoms with Gasteiger partial charge in [-0.25, -0.2) is 4.79 Å². The molecule has 0 spiro atoms. The van der Waals surface area contributed by atoms with E-state index in [2.05, 4.69) is 13.5 Å². The zero-order valence-electron chi connectivity index (χ0n) is 18.6. The van der Waals surface area contributed by atoms with E-state index in [0.717, 1.165) is 51.7 Å². The maximum atomic E-state index is 12.3. The lowest BCUT2D eigenvalue weighted by Crippen LogP contribution is -2.61. The Kier molecular flexibility index (Phi) is 6.14. The van der Waals surface area contributed by atoms with Crippen LogP contribution in [-0.4, -0.2) is 36.0 Å². The molecule has 5 fully saturated rings. The van der Waals surface area contributed by atoms with Crippen molar-refractivity contribution in [1.82, 2.24) is 0 Å². The number of esters is 1. The minimum absolute atomic E-state index is 0.0632. The van der Waals surface area contributed by atoms with Crippen molar-refractivity contribution in [3.8, 4) is 0 Å². The summed E-state index contributed by atoms with van der Waals surface area (Å²) in [5.74, 6) is 1.07. The van der Waals surface area contributed by atoms with Crippen molar-refractivity contribution in [2.75, 3.05) is 13.2 Å². The van der Waals surface area contributed by atoms with Crippen molar-refractivity contribution in [3.63, 3.8) is 0 Å². The molecule has 164 valence electrons. The molecule has 0 amide bonds. The van der Waals surface area contributed by atoms with Crippen molar-refractivity contribution in [1.29, 1.82) is 0 Å². The Morgan fingerprint density at radius 3 is 2.31 bits per heavy atom. The topological polar surface area (TPSA) is 44.8 Å². The van der Waals surface area contributed by atoms with Crippen LogP contribution < -0.4 is 0 Å². The maximum Gasteiger partial charge on any atom is 0.333 e. The Hall–Kier alpha value is -0.870.